The summed E-state index contributed by atoms with van der Waals surface area (Å²) in [6, 6.07) is 13.9. The number of hydrogen-bond acceptors (Lipinski definition) is 4. The fourth-order valence-electron chi connectivity index (χ4n) is 2.17. The summed E-state index contributed by atoms with van der Waals surface area (Å²) in [6.07, 6.45) is 0. The largest absolute Gasteiger partial charge is 0.495 e. The lowest BCUT2D eigenvalue weighted by atomic mass is 10.1. The Labute approximate surface area is 129 Å². The summed E-state index contributed by atoms with van der Waals surface area (Å²) in [5.41, 5.74) is 1.71. The van der Waals surface area contributed by atoms with Gasteiger partial charge in [0.1, 0.15) is 5.75 Å². The zero-order chi connectivity index (χ0) is 16.1. The minimum absolute atomic E-state index is 0.157. The first-order valence-corrected chi connectivity index (χ1v) is 6.70. The molecule has 0 heterocycles. The van der Waals surface area contributed by atoms with Crippen molar-refractivity contribution >= 4 is 23.3 Å². The lowest BCUT2D eigenvalue weighted by molar-refractivity contribution is -0.115. The first-order chi connectivity index (χ1) is 10.6. The second-order valence-corrected chi connectivity index (χ2v) is 4.56. The molecule has 2 rings (SSSR count). The molecular weight excluding hydrogens is 282 g/mol. The minimum atomic E-state index is -0.418. The number of carbonyl (C=O) groups is 2. The molecule has 2 aromatic carbocycles. The van der Waals surface area contributed by atoms with E-state index >= 15 is 0 Å². The third-order valence-corrected chi connectivity index (χ3v) is 3.19. The smallest absolute Gasteiger partial charge is 0.337 e. The van der Waals surface area contributed by atoms with Crippen molar-refractivity contribution in [3.8, 4) is 5.75 Å². The second kappa shape index (κ2) is 6.76. The van der Waals surface area contributed by atoms with Crippen LogP contribution < -0.4 is 9.64 Å². The highest BCUT2D eigenvalue weighted by Crippen LogP contribution is 2.33. The van der Waals surface area contributed by atoms with E-state index in [0.717, 1.165) is 0 Å². The van der Waals surface area contributed by atoms with Gasteiger partial charge in [-0.05, 0) is 36.4 Å². The van der Waals surface area contributed by atoms with Crippen molar-refractivity contribution in [2.24, 2.45) is 0 Å². The van der Waals surface area contributed by atoms with Crippen molar-refractivity contribution in [2.75, 3.05) is 19.1 Å². The number of benzene rings is 2. The van der Waals surface area contributed by atoms with Crippen molar-refractivity contribution in [3.63, 3.8) is 0 Å². The Morgan fingerprint density at radius 2 is 1.59 bits per heavy atom. The van der Waals surface area contributed by atoms with Crippen LogP contribution in [-0.2, 0) is 9.53 Å². The van der Waals surface area contributed by atoms with Crippen LogP contribution in [0.2, 0.25) is 0 Å². The molecule has 2 aromatic rings. The van der Waals surface area contributed by atoms with Gasteiger partial charge in [0.05, 0.1) is 25.5 Å². The summed E-state index contributed by atoms with van der Waals surface area (Å²) < 4.78 is 9.98. The van der Waals surface area contributed by atoms with Crippen molar-refractivity contribution in [1.29, 1.82) is 0 Å². The number of rotatable bonds is 4. The molecule has 5 heteroatoms. The number of esters is 1. The fraction of sp³-hybridized carbons (Fsp3) is 0.176. The Hall–Kier alpha value is -2.82. The molecule has 0 aliphatic heterocycles. The zero-order valence-corrected chi connectivity index (χ0v) is 12.7. The average Bonchev–Trinajstić information content (AvgIpc) is 2.55. The molecule has 0 fully saturated rings. The number of anilines is 2. The van der Waals surface area contributed by atoms with Gasteiger partial charge in [0, 0.05) is 12.6 Å². The van der Waals surface area contributed by atoms with E-state index in [2.05, 4.69) is 4.74 Å². The van der Waals surface area contributed by atoms with Crippen LogP contribution in [0.5, 0.6) is 5.75 Å². The molecule has 114 valence electrons. The van der Waals surface area contributed by atoms with Crippen LogP contribution in [0.1, 0.15) is 17.3 Å². The molecule has 0 spiro atoms. The maximum atomic E-state index is 12.1. The van der Waals surface area contributed by atoms with Crippen molar-refractivity contribution < 1.29 is 19.1 Å². The molecule has 0 aliphatic carbocycles. The third kappa shape index (κ3) is 3.09. The van der Waals surface area contributed by atoms with Gasteiger partial charge in [-0.3, -0.25) is 9.69 Å². The van der Waals surface area contributed by atoms with Crippen LogP contribution in [0.15, 0.2) is 48.5 Å². The zero-order valence-electron chi connectivity index (χ0n) is 12.7. The standard InChI is InChI=1S/C17H17NO4/c1-12(19)18(15-6-4-5-7-16(15)21-2)14-10-8-13(9-11-14)17(20)22-3/h4-11H,1-3H3. The number of methoxy groups -OCH3 is 2. The Balaban J connectivity index is 2.44. The molecule has 0 radical (unpaired) electrons. The Kier molecular flexibility index (Phi) is 4.78. The van der Waals surface area contributed by atoms with E-state index in [-0.39, 0.29) is 5.91 Å². The van der Waals surface area contributed by atoms with E-state index in [0.29, 0.717) is 22.7 Å². The fourth-order valence-corrected chi connectivity index (χ4v) is 2.17. The maximum absolute atomic E-state index is 12.1. The van der Waals surface area contributed by atoms with Gasteiger partial charge in [0.2, 0.25) is 5.91 Å². The lowest BCUT2D eigenvalue weighted by Crippen LogP contribution is -2.23. The number of para-hydroxylation sites is 2. The van der Waals surface area contributed by atoms with Crippen LogP contribution in [0.25, 0.3) is 0 Å². The SMILES string of the molecule is COC(=O)c1ccc(N(C(C)=O)c2ccccc2OC)cc1. The molecular formula is C17H17NO4. The van der Waals surface area contributed by atoms with Gasteiger partial charge in [-0.25, -0.2) is 4.79 Å². The molecule has 0 atom stereocenters. The van der Waals surface area contributed by atoms with Gasteiger partial charge in [0.15, 0.2) is 0 Å². The summed E-state index contributed by atoms with van der Waals surface area (Å²) in [6.45, 7) is 1.47. The van der Waals surface area contributed by atoms with Crippen LogP contribution >= 0.6 is 0 Å². The lowest BCUT2D eigenvalue weighted by Gasteiger charge is -2.23. The highest BCUT2D eigenvalue weighted by Gasteiger charge is 2.18. The predicted molar refractivity (Wildman–Crippen MR) is 83.6 cm³/mol. The van der Waals surface area contributed by atoms with Gasteiger partial charge >= 0.3 is 5.97 Å². The average molecular weight is 299 g/mol. The molecule has 5 nitrogen and oxygen atoms in total. The molecule has 0 bridgehead atoms. The highest BCUT2D eigenvalue weighted by molar-refractivity contribution is 6.01. The van der Waals surface area contributed by atoms with Crippen molar-refractivity contribution in [1.82, 2.24) is 0 Å². The predicted octanol–water partition coefficient (Wildman–Crippen LogP) is 3.17. The van der Waals surface area contributed by atoms with Gasteiger partial charge in [-0.2, -0.15) is 0 Å². The third-order valence-electron chi connectivity index (χ3n) is 3.19. The first kappa shape index (κ1) is 15.6. The van der Waals surface area contributed by atoms with E-state index in [1.165, 1.54) is 18.9 Å². The summed E-state index contributed by atoms with van der Waals surface area (Å²) in [5.74, 6) is 0.0169. The normalized spacial score (nSPS) is 9.95. The van der Waals surface area contributed by atoms with Gasteiger partial charge in [-0.1, -0.05) is 12.1 Å². The number of carbonyl (C=O) groups excluding carboxylic acids is 2. The van der Waals surface area contributed by atoms with Gasteiger partial charge < -0.3 is 9.47 Å². The Bertz CT molecular complexity index is 679. The van der Waals surface area contributed by atoms with E-state index in [1.54, 1.807) is 43.5 Å². The molecule has 22 heavy (non-hydrogen) atoms. The van der Waals surface area contributed by atoms with Crippen molar-refractivity contribution in [2.45, 2.75) is 6.92 Å². The van der Waals surface area contributed by atoms with Crippen molar-refractivity contribution in [3.05, 3.63) is 54.1 Å². The van der Waals surface area contributed by atoms with Gasteiger partial charge in [-0.15, -0.1) is 0 Å². The van der Waals surface area contributed by atoms with Crippen LogP contribution in [0.4, 0.5) is 11.4 Å². The summed E-state index contributed by atoms with van der Waals surface area (Å²) in [5, 5.41) is 0. The summed E-state index contributed by atoms with van der Waals surface area (Å²) >= 11 is 0. The molecule has 1 amide bonds. The van der Waals surface area contributed by atoms with Crippen LogP contribution in [0, 0.1) is 0 Å². The second-order valence-electron chi connectivity index (χ2n) is 4.56. The molecule has 0 N–H and O–H groups in total. The van der Waals surface area contributed by atoms with E-state index in [9.17, 15) is 9.59 Å². The molecule has 0 saturated carbocycles. The summed E-state index contributed by atoms with van der Waals surface area (Å²) in [4.78, 5) is 25.1. The number of hydrogen-bond donors (Lipinski definition) is 0. The monoisotopic (exact) mass is 299 g/mol. The number of amides is 1. The van der Waals surface area contributed by atoms with Gasteiger partial charge in [0.25, 0.3) is 0 Å². The number of ether oxygens (including phenoxy) is 2. The summed E-state index contributed by atoms with van der Waals surface area (Å²) in [7, 11) is 2.88. The molecule has 0 saturated heterocycles. The van der Waals surface area contributed by atoms with E-state index < -0.39 is 5.97 Å². The van der Waals surface area contributed by atoms with E-state index in [1.807, 2.05) is 12.1 Å². The number of nitrogens with zero attached hydrogens (tertiary/aromatic N) is 1. The molecule has 0 aromatic heterocycles. The van der Waals surface area contributed by atoms with E-state index in [4.69, 9.17) is 4.74 Å². The van der Waals surface area contributed by atoms with Crippen LogP contribution in [0.3, 0.4) is 0 Å². The van der Waals surface area contributed by atoms with Crippen LogP contribution in [-0.4, -0.2) is 26.1 Å². The minimum Gasteiger partial charge on any atom is -0.495 e. The Morgan fingerprint density at radius 3 is 2.14 bits per heavy atom. The highest BCUT2D eigenvalue weighted by atomic mass is 16.5. The first-order valence-electron chi connectivity index (χ1n) is 6.70. The topological polar surface area (TPSA) is 55.8 Å². The Morgan fingerprint density at radius 1 is 0.955 bits per heavy atom. The molecule has 0 aliphatic rings. The quantitative estimate of drug-likeness (QED) is 0.814. The maximum Gasteiger partial charge on any atom is 0.337 e. The molecule has 0 unspecified atom stereocenters.